The lowest BCUT2D eigenvalue weighted by Gasteiger charge is -2.24. The molecule has 0 saturated carbocycles. The fourth-order valence-corrected chi connectivity index (χ4v) is 4.06. The highest BCUT2D eigenvalue weighted by Gasteiger charge is 2.25. The van der Waals surface area contributed by atoms with E-state index >= 15 is 0 Å². The molecule has 0 radical (unpaired) electrons. The van der Waals surface area contributed by atoms with Crippen LogP contribution in [0, 0.1) is 0 Å². The van der Waals surface area contributed by atoms with Gasteiger partial charge >= 0.3 is 13.9 Å². The number of alkyl carbamates (subject to hydrolysis) is 1. The van der Waals surface area contributed by atoms with E-state index in [2.05, 4.69) is 16.0 Å². The number of quaternary nitrogens is 1. The summed E-state index contributed by atoms with van der Waals surface area (Å²) in [4.78, 5) is 48.8. The number of likely N-dealkylation sites (N-methyl/N-ethyl adjacent to an activating group) is 2. The molecule has 42 heavy (non-hydrogen) atoms. The molecular formula is C27H49N5O9P+. The van der Waals surface area contributed by atoms with Crippen LogP contribution in [-0.2, 0) is 41.1 Å². The number of nitrogens with zero attached hydrogens (tertiary/aromatic N) is 2. The van der Waals surface area contributed by atoms with Crippen LogP contribution in [0.3, 0.4) is 0 Å². The number of ether oxygens (including phenoxy) is 1. The molecule has 240 valence electrons. The number of rotatable bonds is 16. The minimum absolute atomic E-state index is 0.0576. The molecule has 3 atom stereocenters. The minimum Gasteiger partial charge on any atom is -0.444 e. The first-order valence-corrected chi connectivity index (χ1v) is 15.1. The van der Waals surface area contributed by atoms with Crippen LogP contribution in [0.4, 0.5) is 10.5 Å². The van der Waals surface area contributed by atoms with Gasteiger partial charge in [-0.05, 0) is 64.9 Å². The normalized spacial score (nSPS) is 15.0. The molecule has 0 saturated heterocycles. The molecule has 1 unspecified atom stereocenters. The predicted octanol–water partition coefficient (Wildman–Crippen LogP) is 1.81. The van der Waals surface area contributed by atoms with Crippen molar-refractivity contribution in [2.75, 3.05) is 59.8 Å². The molecule has 1 rings (SSSR count). The Morgan fingerprint density at radius 1 is 1.00 bits per heavy atom. The molecule has 0 aliphatic heterocycles. The molecule has 1 aromatic carbocycles. The van der Waals surface area contributed by atoms with E-state index in [1.807, 2.05) is 26.0 Å². The molecule has 0 spiro atoms. The van der Waals surface area contributed by atoms with Gasteiger partial charge in [-0.3, -0.25) is 23.5 Å². The van der Waals surface area contributed by atoms with Crippen LogP contribution in [0.2, 0.25) is 0 Å². The molecular weight excluding hydrogens is 569 g/mol. The van der Waals surface area contributed by atoms with E-state index in [1.165, 1.54) is 13.8 Å². The highest BCUT2D eigenvalue weighted by atomic mass is 31.2. The van der Waals surface area contributed by atoms with Gasteiger partial charge in [-0.2, -0.15) is 0 Å². The highest BCUT2D eigenvalue weighted by molar-refractivity contribution is 7.47. The summed E-state index contributed by atoms with van der Waals surface area (Å²) in [6.45, 7) is 9.08. The summed E-state index contributed by atoms with van der Waals surface area (Å²) in [6.07, 6.45) is -0.746. The third-order valence-electron chi connectivity index (χ3n) is 5.71. The number of aliphatic hydroxyl groups is 1. The Bertz CT molecular complexity index is 1100. The topological polar surface area (TPSA) is 176 Å². The zero-order valence-corrected chi connectivity index (χ0v) is 27.1. The van der Waals surface area contributed by atoms with Gasteiger partial charge in [0, 0.05) is 18.8 Å². The second-order valence-corrected chi connectivity index (χ2v) is 13.6. The van der Waals surface area contributed by atoms with Crippen LogP contribution in [0.25, 0.3) is 0 Å². The molecule has 5 N–H and O–H groups in total. The number of nitrogens with one attached hydrogen (secondary N) is 3. The van der Waals surface area contributed by atoms with E-state index in [9.17, 15) is 28.9 Å². The van der Waals surface area contributed by atoms with E-state index in [1.54, 1.807) is 46.0 Å². The number of carbonyl (C=O) groups is 3. The molecule has 1 aromatic rings. The maximum Gasteiger partial charge on any atom is 0.472 e. The number of aliphatic hydroxyl groups excluding tert-OH is 1. The van der Waals surface area contributed by atoms with Gasteiger partial charge in [0.05, 0.1) is 34.4 Å². The number of amides is 3. The molecule has 0 fully saturated rings. The Labute approximate surface area is 248 Å². The third kappa shape index (κ3) is 15.6. The average molecular weight is 619 g/mol. The summed E-state index contributed by atoms with van der Waals surface area (Å²) >= 11 is 0. The summed E-state index contributed by atoms with van der Waals surface area (Å²) in [6, 6.07) is 3.16. The summed E-state index contributed by atoms with van der Waals surface area (Å²) < 4.78 is 27.9. The zero-order valence-electron chi connectivity index (χ0n) is 26.2. The molecule has 14 nitrogen and oxygen atoms in total. The van der Waals surface area contributed by atoms with Crippen molar-refractivity contribution in [2.24, 2.45) is 0 Å². The molecule has 3 amide bonds. The predicted molar refractivity (Wildman–Crippen MR) is 158 cm³/mol. The average Bonchev–Trinajstić information content (AvgIpc) is 2.81. The van der Waals surface area contributed by atoms with Crippen molar-refractivity contribution in [3.05, 3.63) is 29.3 Å². The van der Waals surface area contributed by atoms with Crippen LogP contribution >= 0.6 is 7.82 Å². The van der Waals surface area contributed by atoms with E-state index in [0.717, 1.165) is 5.56 Å². The van der Waals surface area contributed by atoms with Gasteiger partial charge in [-0.1, -0.05) is 6.07 Å². The lowest BCUT2D eigenvalue weighted by atomic mass is 10.1. The monoisotopic (exact) mass is 618 g/mol. The van der Waals surface area contributed by atoms with Crippen LogP contribution in [-0.4, -0.2) is 109 Å². The molecule has 0 heterocycles. The number of anilines is 1. The third-order valence-corrected chi connectivity index (χ3v) is 6.72. The number of carbonyl (C=O) groups excluding carboxylic acids is 3. The van der Waals surface area contributed by atoms with Crippen molar-refractivity contribution in [1.82, 2.24) is 15.5 Å². The van der Waals surface area contributed by atoms with E-state index in [0.29, 0.717) is 35.4 Å². The fraction of sp³-hybridized carbons (Fsp3) is 0.667. The number of benzene rings is 1. The van der Waals surface area contributed by atoms with Crippen molar-refractivity contribution >= 4 is 31.4 Å². The van der Waals surface area contributed by atoms with E-state index in [-0.39, 0.29) is 19.8 Å². The van der Waals surface area contributed by atoms with Gasteiger partial charge in [0.1, 0.15) is 30.8 Å². The van der Waals surface area contributed by atoms with E-state index < -0.39 is 43.4 Å². The molecule has 0 aromatic heterocycles. The van der Waals surface area contributed by atoms with Gasteiger partial charge in [0.2, 0.25) is 11.8 Å². The Morgan fingerprint density at radius 3 is 2.17 bits per heavy atom. The van der Waals surface area contributed by atoms with Crippen molar-refractivity contribution in [2.45, 2.75) is 65.5 Å². The van der Waals surface area contributed by atoms with Crippen molar-refractivity contribution in [3.63, 3.8) is 0 Å². The Kier molecular flexibility index (Phi) is 14.5. The number of hydrogen-bond acceptors (Lipinski definition) is 9. The number of phosphoric acid groups is 1. The summed E-state index contributed by atoms with van der Waals surface area (Å²) in [5.41, 5.74) is 1.09. The Hall–Kier alpha value is -2.58. The number of phosphoric ester groups is 1. The fourth-order valence-electron chi connectivity index (χ4n) is 3.36. The van der Waals surface area contributed by atoms with Crippen LogP contribution < -0.4 is 16.0 Å². The van der Waals surface area contributed by atoms with Crippen LogP contribution in [0.15, 0.2) is 18.2 Å². The SMILES string of the molecule is C[C@H](NC(=O)OC(C)(C)C)C(=O)N[C@@H](C)C(=O)Nc1ccc(CO)c(CN(C)CCOP(=O)(O)OCC[N+](C)(C)C)c1. The lowest BCUT2D eigenvalue weighted by Crippen LogP contribution is -2.51. The smallest absolute Gasteiger partial charge is 0.444 e. The van der Waals surface area contributed by atoms with Gasteiger partial charge in [0.15, 0.2) is 0 Å². The van der Waals surface area contributed by atoms with Gasteiger partial charge in [-0.15, -0.1) is 0 Å². The van der Waals surface area contributed by atoms with Gasteiger partial charge in [-0.25, -0.2) is 9.36 Å². The summed E-state index contributed by atoms with van der Waals surface area (Å²) in [5.74, 6) is -1.05. The summed E-state index contributed by atoms with van der Waals surface area (Å²) in [5, 5.41) is 17.5. The number of hydrogen-bond donors (Lipinski definition) is 5. The Morgan fingerprint density at radius 2 is 1.60 bits per heavy atom. The first-order valence-electron chi connectivity index (χ1n) is 13.7. The summed E-state index contributed by atoms with van der Waals surface area (Å²) in [7, 11) is 3.42. The molecule has 0 bridgehead atoms. The van der Waals surface area contributed by atoms with Crippen LogP contribution in [0.5, 0.6) is 0 Å². The zero-order chi connectivity index (χ0) is 32.3. The molecule has 0 aliphatic carbocycles. The first kappa shape index (κ1) is 37.4. The standard InChI is InChI=1S/C27H48N5O9P/c1-19(28-24(34)20(2)29-26(36)41-27(3,4)5)25(35)30-23-11-10-21(18-33)22(16-23)17-31(6)12-14-39-42(37,38)40-15-13-32(7,8)9/h10-11,16,19-20,33H,12-15,17-18H2,1-9H3,(H3-,28,29,30,34,35,36,37,38)/p+1/t19-,20-/m0/s1. The second-order valence-electron chi connectivity index (χ2n) is 12.1. The minimum atomic E-state index is -4.18. The Balaban J connectivity index is 2.67. The molecule has 0 aliphatic rings. The van der Waals surface area contributed by atoms with Crippen molar-refractivity contribution in [1.29, 1.82) is 0 Å². The van der Waals surface area contributed by atoms with Crippen molar-refractivity contribution < 1.29 is 47.2 Å². The largest absolute Gasteiger partial charge is 0.472 e. The maximum absolute atomic E-state index is 12.8. The first-order chi connectivity index (χ1) is 19.2. The van der Waals surface area contributed by atoms with Gasteiger partial charge < -0.3 is 35.2 Å². The molecule has 15 heteroatoms. The highest BCUT2D eigenvalue weighted by Crippen LogP contribution is 2.42. The lowest BCUT2D eigenvalue weighted by molar-refractivity contribution is -0.870. The quantitative estimate of drug-likeness (QED) is 0.136. The van der Waals surface area contributed by atoms with Gasteiger partial charge in [0.25, 0.3) is 0 Å². The van der Waals surface area contributed by atoms with Crippen LogP contribution in [0.1, 0.15) is 45.7 Å². The second kappa shape index (κ2) is 16.3. The van der Waals surface area contributed by atoms with E-state index in [4.69, 9.17) is 13.8 Å². The van der Waals surface area contributed by atoms with Crippen molar-refractivity contribution in [3.8, 4) is 0 Å². The maximum atomic E-state index is 12.8.